The molecule has 0 radical (unpaired) electrons. The van der Waals surface area contributed by atoms with Crippen molar-refractivity contribution in [3.8, 4) is 6.07 Å². The van der Waals surface area contributed by atoms with Crippen molar-refractivity contribution < 1.29 is 14.3 Å². The summed E-state index contributed by atoms with van der Waals surface area (Å²) in [4.78, 5) is 20.8. The summed E-state index contributed by atoms with van der Waals surface area (Å²) in [7, 11) is 1.70. The molecule has 5 aliphatic rings. The summed E-state index contributed by atoms with van der Waals surface area (Å²) in [6.45, 7) is 12.9. The maximum absolute atomic E-state index is 11.4. The van der Waals surface area contributed by atoms with Crippen LogP contribution in [0.5, 0.6) is 0 Å². The Morgan fingerprint density at radius 3 is 2.61 bits per heavy atom. The molecule has 0 bridgehead atoms. The molecule has 3 aliphatic heterocycles. The third-order valence-corrected chi connectivity index (χ3v) is 8.82. The van der Waals surface area contributed by atoms with Gasteiger partial charge in [-0.2, -0.15) is 5.26 Å². The van der Waals surface area contributed by atoms with Crippen LogP contribution in [0.2, 0.25) is 0 Å². The van der Waals surface area contributed by atoms with Crippen LogP contribution in [0.25, 0.3) is 0 Å². The number of piperidine rings is 1. The van der Waals surface area contributed by atoms with Gasteiger partial charge in [-0.1, -0.05) is 32.1 Å². The third-order valence-electron chi connectivity index (χ3n) is 8.82. The molecule has 226 valence electrons. The Kier molecular flexibility index (Phi) is 11.4. The summed E-state index contributed by atoms with van der Waals surface area (Å²) in [6, 6.07) is 3.58. The van der Waals surface area contributed by atoms with Gasteiger partial charge in [0.15, 0.2) is 0 Å². The SMILES string of the molecule is CC1(C)C=CC(N2CCN(C3COC3)CC2)CC1.CN=C(NCN)C1C=C(C#N)C(OCC2CCNC(=O)C2)=CC1. The fraction of sp³-hybridized carbons (Fsp3) is 0.710. The molecule has 0 aromatic heterocycles. The Balaban J connectivity index is 0.000000194. The maximum atomic E-state index is 11.4. The Bertz CT molecular complexity index is 1050. The summed E-state index contributed by atoms with van der Waals surface area (Å²) in [5, 5.41) is 15.2. The van der Waals surface area contributed by atoms with Crippen LogP contribution < -0.4 is 16.4 Å². The second-order valence-corrected chi connectivity index (χ2v) is 12.3. The van der Waals surface area contributed by atoms with Crippen molar-refractivity contribution in [1.82, 2.24) is 20.4 Å². The number of nitrogens with one attached hydrogen (secondary N) is 2. The molecular formula is C31H49N7O3. The number of rotatable bonds is 7. The van der Waals surface area contributed by atoms with E-state index in [9.17, 15) is 10.1 Å². The van der Waals surface area contributed by atoms with Gasteiger partial charge in [0.2, 0.25) is 5.91 Å². The van der Waals surface area contributed by atoms with Gasteiger partial charge in [0, 0.05) is 64.1 Å². The fourth-order valence-corrected chi connectivity index (χ4v) is 6.04. The molecule has 3 heterocycles. The summed E-state index contributed by atoms with van der Waals surface area (Å²) >= 11 is 0. The molecule has 3 saturated heterocycles. The van der Waals surface area contributed by atoms with Crippen molar-refractivity contribution >= 4 is 11.7 Å². The van der Waals surface area contributed by atoms with Crippen molar-refractivity contribution in [2.45, 2.75) is 58.0 Å². The van der Waals surface area contributed by atoms with Crippen LogP contribution in [0.3, 0.4) is 0 Å². The highest BCUT2D eigenvalue weighted by Gasteiger charge is 2.32. The number of amides is 1. The lowest BCUT2D eigenvalue weighted by Gasteiger charge is -2.45. The maximum Gasteiger partial charge on any atom is 0.220 e. The normalized spacial score (nSPS) is 29.1. The van der Waals surface area contributed by atoms with E-state index in [2.05, 4.69) is 57.5 Å². The summed E-state index contributed by atoms with van der Waals surface area (Å²) in [6.07, 6.45) is 13.4. The highest BCUT2D eigenvalue weighted by molar-refractivity contribution is 5.87. The van der Waals surface area contributed by atoms with Crippen molar-refractivity contribution in [1.29, 1.82) is 5.26 Å². The largest absolute Gasteiger partial charge is 0.492 e. The first-order valence-electron chi connectivity index (χ1n) is 15.2. The second-order valence-electron chi connectivity index (χ2n) is 12.3. The molecule has 3 unspecified atom stereocenters. The monoisotopic (exact) mass is 567 g/mol. The molecular weight excluding hydrogens is 518 g/mol. The quantitative estimate of drug-likeness (QED) is 0.185. The van der Waals surface area contributed by atoms with Crippen LogP contribution in [-0.2, 0) is 14.3 Å². The van der Waals surface area contributed by atoms with Crippen LogP contribution in [0, 0.1) is 28.6 Å². The Morgan fingerprint density at radius 1 is 1.27 bits per heavy atom. The van der Waals surface area contributed by atoms with E-state index in [0.29, 0.717) is 61.5 Å². The topological polar surface area (TPSA) is 128 Å². The van der Waals surface area contributed by atoms with E-state index in [0.717, 1.165) is 25.5 Å². The van der Waals surface area contributed by atoms with Gasteiger partial charge in [0.25, 0.3) is 0 Å². The van der Waals surface area contributed by atoms with Crippen LogP contribution in [0.1, 0.15) is 46.0 Å². The molecule has 4 N–H and O–H groups in total. The minimum Gasteiger partial charge on any atom is -0.492 e. The average Bonchev–Trinajstić information content (AvgIpc) is 2.95. The number of nitrogens with two attached hydrogens (primary N) is 1. The second kappa shape index (κ2) is 15.0. The Hall–Kier alpha value is -2.71. The lowest BCUT2D eigenvalue weighted by Crippen LogP contribution is -2.58. The summed E-state index contributed by atoms with van der Waals surface area (Å²) < 4.78 is 11.1. The number of allylic oxidation sites excluding steroid dienone is 3. The molecule has 2 aliphatic carbocycles. The van der Waals surface area contributed by atoms with Gasteiger partial charge >= 0.3 is 0 Å². The highest BCUT2D eigenvalue weighted by atomic mass is 16.5. The van der Waals surface area contributed by atoms with Gasteiger partial charge in [0.1, 0.15) is 17.7 Å². The molecule has 5 rings (SSSR count). The van der Waals surface area contributed by atoms with E-state index in [1.165, 1.54) is 39.0 Å². The lowest BCUT2D eigenvalue weighted by atomic mass is 9.81. The molecule has 0 aromatic carbocycles. The van der Waals surface area contributed by atoms with Gasteiger partial charge < -0.3 is 25.8 Å². The van der Waals surface area contributed by atoms with Gasteiger partial charge in [-0.05, 0) is 37.2 Å². The van der Waals surface area contributed by atoms with E-state index in [1.807, 2.05) is 12.2 Å². The first-order chi connectivity index (χ1) is 19.8. The highest BCUT2D eigenvalue weighted by Crippen LogP contribution is 2.32. The van der Waals surface area contributed by atoms with Crippen LogP contribution in [0.4, 0.5) is 0 Å². The minimum atomic E-state index is 0.00556. The number of ether oxygens (including phenoxy) is 2. The van der Waals surface area contributed by atoms with E-state index < -0.39 is 0 Å². The molecule has 41 heavy (non-hydrogen) atoms. The van der Waals surface area contributed by atoms with Crippen LogP contribution in [-0.4, -0.2) is 99.9 Å². The first kappa shape index (κ1) is 31.2. The van der Waals surface area contributed by atoms with Gasteiger partial charge in [-0.25, -0.2) is 0 Å². The molecule has 10 nitrogen and oxygen atoms in total. The number of nitriles is 1. The predicted octanol–water partition coefficient (Wildman–Crippen LogP) is 2.16. The molecule has 3 fully saturated rings. The van der Waals surface area contributed by atoms with Gasteiger partial charge in [0.05, 0.1) is 38.1 Å². The summed E-state index contributed by atoms with van der Waals surface area (Å²) in [5.74, 6) is 1.63. The molecule has 0 aromatic rings. The number of hydrogen-bond donors (Lipinski definition) is 3. The van der Waals surface area contributed by atoms with Crippen molar-refractivity contribution in [3.05, 3.63) is 35.6 Å². The zero-order valence-electron chi connectivity index (χ0n) is 25.1. The van der Waals surface area contributed by atoms with E-state index >= 15 is 0 Å². The smallest absolute Gasteiger partial charge is 0.220 e. The van der Waals surface area contributed by atoms with E-state index in [1.54, 1.807) is 7.05 Å². The van der Waals surface area contributed by atoms with Crippen molar-refractivity contribution in [3.63, 3.8) is 0 Å². The van der Waals surface area contributed by atoms with Crippen molar-refractivity contribution in [2.75, 3.05) is 66.3 Å². The Morgan fingerprint density at radius 2 is 2.02 bits per heavy atom. The lowest BCUT2D eigenvalue weighted by molar-refractivity contribution is -0.124. The predicted molar refractivity (Wildman–Crippen MR) is 161 cm³/mol. The first-order valence-corrected chi connectivity index (χ1v) is 15.2. The van der Waals surface area contributed by atoms with Crippen molar-refractivity contribution in [2.24, 2.45) is 28.0 Å². The fourth-order valence-electron chi connectivity index (χ4n) is 6.04. The van der Waals surface area contributed by atoms with Gasteiger partial charge in [-0.3, -0.25) is 19.6 Å². The van der Waals surface area contributed by atoms with E-state index in [-0.39, 0.29) is 17.7 Å². The molecule has 1 amide bonds. The number of piperazine rings is 1. The molecule has 10 heteroatoms. The Labute approximate surface area is 245 Å². The van der Waals surface area contributed by atoms with Crippen LogP contribution >= 0.6 is 0 Å². The minimum absolute atomic E-state index is 0.00556. The number of hydrogen-bond acceptors (Lipinski definition) is 8. The average molecular weight is 568 g/mol. The number of carbonyl (C=O) groups excluding carboxylic acids is 1. The summed E-state index contributed by atoms with van der Waals surface area (Å²) in [5.41, 5.74) is 6.42. The zero-order chi connectivity index (χ0) is 29.2. The number of aliphatic imine (C=N–C) groups is 1. The van der Waals surface area contributed by atoms with Crippen LogP contribution in [0.15, 0.2) is 40.6 Å². The molecule has 3 atom stereocenters. The van der Waals surface area contributed by atoms with E-state index in [4.69, 9.17) is 15.2 Å². The standard InChI is InChI=1S/C16H23N5O2.C15H26N2O/c1-19-16(21-10-18)12-2-3-14(13(7-12)8-17)23-9-11-4-5-20-15(22)6-11;1-15(2)5-3-13(4-6-15)16-7-9-17(10-8-16)14-11-18-12-14/h3,7,11-12H,2,4-6,9-10,18H2,1H3,(H,19,21)(H,20,22);3,5,13-14H,4,6-12H2,1-2H3. The van der Waals surface area contributed by atoms with Gasteiger partial charge in [-0.15, -0.1) is 0 Å². The third kappa shape index (κ3) is 8.89. The number of nitrogens with zero attached hydrogens (tertiary/aromatic N) is 4. The number of amidine groups is 1. The number of carbonyl (C=O) groups is 1. The zero-order valence-corrected chi connectivity index (χ0v) is 25.1. The molecule has 0 spiro atoms. The molecule has 0 saturated carbocycles.